The second kappa shape index (κ2) is 6.98. The zero-order valence-electron chi connectivity index (χ0n) is 13.6. The third-order valence-corrected chi connectivity index (χ3v) is 6.54. The number of aryl methyl sites for hydroxylation is 1. The number of carbonyl (C=O) groups excluding carboxylic acids is 1. The number of halogens is 1. The standard InChI is InChI=1S/C17H21BrN4OS/c18-15-6-5-12(24-15)11-21-7-9-22(10-8-21)17(23)16-13-3-1-2-4-14(13)19-20-16/h5-6H,1-4,7-11H2,(H,19,20). The molecule has 2 aromatic heterocycles. The molecule has 24 heavy (non-hydrogen) atoms. The highest BCUT2D eigenvalue weighted by Gasteiger charge is 2.28. The number of H-pyrrole nitrogens is 1. The van der Waals surface area contributed by atoms with Gasteiger partial charge in [0.1, 0.15) is 0 Å². The molecule has 1 aliphatic carbocycles. The quantitative estimate of drug-likeness (QED) is 0.848. The van der Waals surface area contributed by atoms with Gasteiger partial charge in [0, 0.05) is 48.9 Å². The van der Waals surface area contributed by atoms with Gasteiger partial charge in [0.2, 0.25) is 0 Å². The molecule has 0 bridgehead atoms. The molecule has 5 nitrogen and oxygen atoms in total. The molecule has 1 aliphatic heterocycles. The molecule has 1 amide bonds. The van der Waals surface area contributed by atoms with Crippen LogP contribution in [-0.4, -0.2) is 52.1 Å². The van der Waals surface area contributed by atoms with Crippen molar-refractivity contribution in [3.05, 3.63) is 37.7 Å². The van der Waals surface area contributed by atoms with Crippen LogP contribution in [0, 0.1) is 0 Å². The van der Waals surface area contributed by atoms with Gasteiger partial charge < -0.3 is 4.90 Å². The molecule has 0 radical (unpaired) electrons. The maximum Gasteiger partial charge on any atom is 0.274 e. The Hall–Kier alpha value is -1.18. The molecule has 1 saturated heterocycles. The van der Waals surface area contributed by atoms with Crippen molar-refractivity contribution >= 4 is 33.2 Å². The molecule has 0 aromatic carbocycles. The lowest BCUT2D eigenvalue weighted by atomic mass is 9.95. The minimum atomic E-state index is 0.105. The summed E-state index contributed by atoms with van der Waals surface area (Å²) in [4.78, 5) is 18.6. The molecule has 4 rings (SSSR count). The van der Waals surface area contributed by atoms with Gasteiger partial charge in [-0.05, 0) is 53.7 Å². The first kappa shape index (κ1) is 16.3. The van der Waals surface area contributed by atoms with E-state index in [9.17, 15) is 4.79 Å². The Morgan fingerprint density at radius 2 is 2.00 bits per heavy atom. The number of thiophene rings is 1. The summed E-state index contributed by atoms with van der Waals surface area (Å²) in [5, 5.41) is 7.41. The van der Waals surface area contributed by atoms with Crippen LogP contribution in [0.4, 0.5) is 0 Å². The number of piperazine rings is 1. The van der Waals surface area contributed by atoms with Crippen molar-refractivity contribution in [3.63, 3.8) is 0 Å². The molecular formula is C17H21BrN4OS. The van der Waals surface area contributed by atoms with Crippen molar-refractivity contribution in [2.75, 3.05) is 26.2 Å². The van der Waals surface area contributed by atoms with E-state index in [1.807, 2.05) is 4.90 Å². The van der Waals surface area contributed by atoms with Crippen LogP contribution in [0.2, 0.25) is 0 Å². The molecule has 0 spiro atoms. The van der Waals surface area contributed by atoms with Gasteiger partial charge in [-0.3, -0.25) is 14.8 Å². The Morgan fingerprint density at radius 1 is 1.21 bits per heavy atom. The van der Waals surface area contributed by atoms with E-state index in [0.717, 1.165) is 57.5 Å². The summed E-state index contributed by atoms with van der Waals surface area (Å²) in [7, 11) is 0. The minimum absolute atomic E-state index is 0.105. The normalized spacial score (nSPS) is 18.6. The smallest absolute Gasteiger partial charge is 0.274 e. The molecule has 2 aromatic rings. The SMILES string of the molecule is O=C(c1n[nH]c2c1CCCC2)N1CCN(Cc2ccc(Br)s2)CC1. The van der Waals surface area contributed by atoms with Crippen LogP contribution in [0.15, 0.2) is 15.9 Å². The number of hydrogen-bond donors (Lipinski definition) is 1. The molecule has 1 N–H and O–H groups in total. The Bertz CT molecular complexity index is 733. The van der Waals surface area contributed by atoms with Crippen molar-refractivity contribution in [1.29, 1.82) is 0 Å². The highest BCUT2D eigenvalue weighted by atomic mass is 79.9. The van der Waals surface area contributed by atoms with Gasteiger partial charge in [-0.2, -0.15) is 5.10 Å². The van der Waals surface area contributed by atoms with Crippen LogP contribution in [-0.2, 0) is 19.4 Å². The highest BCUT2D eigenvalue weighted by Crippen LogP contribution is 2.25. The van der Waals surface area contributed by atoms with Gasteiger partial charge in [-0.15, -0.1) is 11.3 Å². The van der Waals surface area contributed by atoms with Crippen molar-refractivity contribution in [3.8, 4) is 0 Å². The third kappa shape index (κ3) is 3.30. The van der Waals surface area contributed by atoms with E-state index >= 15 is 0 Å². The van der Waals surface area contributed by atoms with Crippen molar-refractivity contribution in [2.24, 2.45) is 0 Å². The lowest BCUT2D eigenvalue weighted by Gasteiger charge is -2.34. The molecule has 7 heteroatoms. The predicted octanol–water partition coefficient (Wildman–Crippen LogP) is 3.07. The van der Waals surface area contributed by atoms with Gasteiger partial charge in [-0.25, -0.2) is 0 Å². The molecular weight excluding hydrogens is 388 g/mol. The zero-order valence-corrected chi connectivity index (χ0v) is 16.0. The van der Waals surface area contributed by atoms with Gasteiger partial charge in [0.05, 0.1) is 3.79 Å². The van der Waals surface area contributed by atoms with Gasteiger partial charge in [-0.1, -0.05) is 0 Å². The van der Waals surface area contributed by atoms with E-state index < -0.39 is 0 Å². The largest absolute Gasteiger partial charge is 0.335 e. The summed E-state index contributed by atoms with van der Waals surface area (Å²) < 4.78 is 1.18. The van der Waals surface area contributed by atoms with E-state index in [2.05, 4.69) is 43.2 Å². The Kier molecular flexibility index (Phi) is 4.74. The Labute approximate surface area is 154 Å². The van der Waals surface area contributed by atoms with Crippen molar-refractivity contribution in [2.45, 2.75) is 32.2 Å². The summed E-state index contributed by atoms with van der Waals surface area (Å²) in [6, 6.07) is 4.27. The van der Waals surface area contributed by atoms with Crippen LogP contribution in [0.1, 0.15) is 39.5 Å². The predicted molar refractivity (Wildman–Crippen MR) is 98.4 cm³/mol. The summed E-state index contributed by atoms with van der Waals surface area (Å²) in [5.74, 6) is 0.105. The average Bonchev–Trinajstić information content (AvgIpc) is 3.21. The highest BCUT2D eigenvalue weighted by molar-refractivity contribution is 9.11. The average molecular weight is 409 g/mol. The summed E-state index contributed by atoms with van der Waals surface area (Å²) in [6.07, 6.45) is 4.37. The van der Waals surface area contributed by atoms with Crippen molar-refractivity contribution < 1.29 is 4.79 Å². The number of nitrogens with zero attached hydrogens (tertiary/aromatic N) is 3. The zero-order chi connectivity index (χ0) is 16.5. The van der Waals surface area contributed by atoms with Gasteiger partial charge in [0.25, 0.3) is 5.91 Å². The number of hydrogen-bond acceptors (Lipinski definition) is 4. The molecule has 0 atom stereocenters. The van der Waals surface area contributed by atoms with E-state index in [-0.39, 0.29) is 5.91 Å². The molecule has 0 unspecified atom stereocenters. The topological polar surface area (TPSA) is 52.2 Å². The lowest BCUT2D eigenvalue weighted by Crippen LogP contribution is -2.48. The number of amides is 1. The van der Waals surface area contributed by atoms with E-state index in [4.69, 9.17) is 0 Å². The minimum Gasteiger partial charge on any atom is -0.335 e. The van der Waals surface area contributed by atoms with Crippen molar-refractivity contribution in [1.82, 2.24) is 20.0 Å². The summed E-state index contributed by atoms with van der Waals surface area (Å²) in [5.41, 5.74) is 3.00. The first-order chi connectivity index (χ1) is 11.7. The number of nitrogens with one attached hydrogen (secondary N) is 1. The molecule has 128 valence electrons. The first-order valence-electron chi connectivity index (χ1n) is 8.52. The van der Waals surface area contributed by atoms with E-state index in [1.165, 1.54) is 20.8 Å². The Balaban J connectivity index is 1.37. The molecule has 3 heterocycles. The molecule has 0 saturated carbocycles. The number of aromatic amines is 1. The van der Waals surface area contributed by atoms with E-state index in [1.54, 1.807) is 11.3 Å². The van der Waals surface area contributed by atoms with E-state index in [0.29, 0.717) is 5.69 Å². The second-order valence-electron chi connectivity index (χ2n) is 6.51. The first-order valence-corrected chi connectivity index (χ1v) is 10.1. The van der Waals surface area contributed by atoms with Crippen LogP contribution >= 0.6 is 27.3 Å². The second-order valence-corrected chi connectivity index (χ2v) is 9.06. The fraction of sp³-hybridized carbons (Fsp3) is 0.529. The lowest BCUT2D eigenvalue weighted by molar-refractivity contribution is 0.0622. The Morgan fingerprint density at radius 3 is 2.75 bits per heavy atom. The number of fused-ring (bicyclic) bond motifs is 1. The van der Waals surface area contributed by atoms with Crippen LogP contribution < -0.4 is 0 Å². The molecule has 2 aliphatic rings. The van der Waals surface area contributed by atoms with Crippen LogP contribution in [0.5, 0.6) is 0 Å². The number of carbonyl (C=O) groups is 1. The third-order valence-electron chi connectivity index (χ3n) is 4.93. The summed E-state index contributed by atoms with van der Waals surface area (Å²) in [6.45, 7) is 4.39. The molecule has 1 fully saturated rings. The monoisotopic (exact) mass is 408 g/mol. The fourth-order valence-electron chi connectivity index (χ4n) is 3.57. The summed E-state index contributed by atoms with van der Waals surface area (Å²) >= 11 is 5.30. The van der Waals surface area contributed by atoms with Crippen LogP contribution in [0.25, 0.3) is 0 Å². The number of aromatic nitrogens is 2. The van der Waals surface area contributed by atoms with Gasteiger partial charge >= 0.3 is 0 Å². The van der Waals surface area contributed by atoms with Gasteiger partial charge in [0.15, 0.2) is 5.69 Å². The number of rotatable bonds is 3. The maximum absolute atomic E-state index is 12.8. The maximum atomic E-state index is 12.8. The fourth-order valence-corrected chi connectivity index (χ4v) is 5.10. The van der Waals surface area contributed by atoms with Crippen LogP contribution in [0.3, 0.4) is 0 Å².